The zero-order valence-electron chi connectivity index (χ0n) is 40.6. The molecule has 3 atom stereocenters. The summed E-state index contributed by atoms with van der Waals surface area (Å²) in [6, 6.07) is 14.5. The van der Waals surface area contributed by atoms with Gasteiger partial charge in [0.1, 0.15) is 29.1 Å². The molecule has 9 heterocycles. The molecule has 1 aliphatic carbocycles. The van der Waals surface area contributed by atoms with Crippen LogP contribution in [0.25, 0.3) is 11.1 Å². The number of carbonyl (C=O) groups is 5. The number of nitrogens with one attached hydrogen (secondary N) is 2. The van der Waals surface area contributed by atoms with Gasteiger partial charge < -0.3 is 29.4 Å². The van der Waals surface area contributed by atoms with Gasteiger partial charge in [0, 0.05) is 106 Å². The standard InChI is InChI=1S/C53H59N11O7/c1-31-28-60(34-6-5-16-59(17-14-34)35-7-9-38-39(24-35)50(69)64(49(38)68)42-10-12-46(66)57-48(42)67)18-19-61(31)36-8-11-45(55-27-36)56-41-22-33(29-58(4)51(41)70)37-13-15-54-47(40(37)30-65)63-21-20-62-43(52(63)71)23-32-25-53(2,3)26-44(32)62/h7-9,11,13,15,22-24,27,29,31,34,42,65H,5-6,10,12,14,16-21,25-26,28,30H2,1-4H3,(H,55,56)(H,57,66,67)/t31-,34+,42?/m0/s1. The molecule has 368 valence electrons. The predicted octanol–water partition coefficient (Wildman–Crippen LogP) is 4.64. The van der Waals surface area contributed by atoms with Gasteiger partial charge in [-0.2, -0.15) is 0 Å². The molecule has 5 aromatic rings. The molecule has 3 saturated heterocycles. The van der Waals surface area contributed by atoms with E-state index < -0.39 is 29.7 Å². The number of nitrogens with zero attached hydrogens (tertiary/aromatic N) is 9. The molecule has 3 fully saturated rings. The van der Waals surface area contributed by atoms with E-state index in [0.717, 1.165) is 81.1 Å². The van der Waals surface area contributed by atoms with Crippen LogP contribution < -0.4 is 30.9 Å². The fourth-order valence-electron chi connectivity index (χ4n) is 12.0. The Bertz CT molecular complexity index is 3090. The number of hydrogen-bond donors (Lipinski definition) is 3. The lowest BCUT2D eigenvalue weighted by Crippen LogP contribution is -2.55. The summed E-state index contributed by atoms with van der Waals surface area (Å²) in [5.74, 6) is -1.23. The Morgan fingerprint density at radius 2 is 1.63 bits per heavy atom. The van der Waals surface area contributed by atoms with Gasteiger partial charge in [-0.3, -0.25) is 48.8 Å². The minimum absolute atomic E-state index is 0.0781. The molecular formula is C53H59N11O7. The normalized spacial score (nSPS) is 22.4. The highest BCUT2D eigenvalue weighted by molar-refractivity contribution is 6.23. The summed E-state index contributed by atoms with van der Waals surface area (Å²) < 4.78 is 3.66. The van der Waals surface area contributed by atoms with Gasteiger partial charge in [0.15, 0.2) is 0 Å². The number of carbonyl (C=O) groups excluding carboxylic acids is 5. The Morgan fingerprint density at radius 3 is 2.41 bits per heavy atom. The summed E-state index contributed by atoms with van der Waals surface area (Å²) in [6.45, 7) is 11.7. The summed E-state index contributed by atoms with van der Waals surface area (Å²) in [5, 5.41) is 16.3. The molecular weight excluding hydrogens is 903 g/mol. The summed E-state index contributed by atoms with van der Waals surface area (Å²) in [6.07, 6.45) is 10.2. The number of anilines is 5. The monoisotopic (exact) mass is 961 g/mol. The maximum absolute atomic E-state index is 14.0. The number of imide groups is 2. The fourth-order valence-corrected chi connectivity index (χ4v) is 12.0. The Hall–Kier alpha value is -7.18. The smallest absolute Gasteiger partial charge is 0.276 e. The second-order valence-electron chi connectivity index (χ2n) is 20.8. The first-order chi connectivity index (χ1) is 34.2. The topological polar surface area (TPSA) is 199 Å². The SMILES string of the molecule is C[C@H]1CN([C@@H]2CCCN(c3ccc4c(c3)C(=O)N(C3CCC(=O)NC3=O)C4=O)CC2)CCN1c1ccc(Nc2cc(-c3ccnc(N4CCn5c(cc6c5CC(C)(C)C6)C4=O)c3CO)cn(C)c2=O)nc1. The lowest BCUT2D eigenvalue weighted by Gasteiger charge is -2.44. The first kappa shape index (κ1) is 46.2. The average molecular weight is 962 g/mol. The minimum Gasteiger partial charge on any atom is -0.392 e. The number of aryl methyl sites for hydroxylation is 1. The van der Waals surface area contributed by atoms with Crippen LogP contribution in [0.5, 0.6) is 0 Å². The van der Waals surface area contributed by atoms with E-state index >= 15 is 0 Å². The molecule has 0 bridgehead atoms. The Kier molecular flexibility index (Phi) is 11.7. The van der Waals surface area contributed by atoms with Gasteiger partial charge in [-0.05, 0) is 111 Å². The van der Waals surface area contributed by atoms with Gasteiger partial charge in [0.25, 0.3) is 23.3 Å². The van der Waals surface area contributed by atoms with Gasteiger partial charge in [-0.1, -0.05) is 13.8 Å². The molecule has 11 rings (SSSR count). The molecule has 0 saturated carbocycles. The van der Waals surface area contributed by atoms with E-state index in [0.29, 0.717) is 64.4 Å². The van der Waals surface area contributed by atoms with Crippen LogP contribution in [-0.4, -0.2) is 121 Å². The van der Waals surface area contributed by atoms with Crippen LogP contribution in [0.4, 0.5) is 28.7 Å². The van der Waals surface area contributed by atoms with E-state index in [1.165, 1.54) is 15.8 Å². The third-order valence-electron chi connectivity index (χ3n) is 15.6. The summed E-state index contributed by atoms with van der Waals surface area (Å²) in [5.41, 5.74) is 7.67. The average Bonchev–Trinajstić information content (AvgIpc) is 3.83. The molecule has 6 aliphatic rings. The van der Waals surface area contributed by atoms with Gasteiger partial charge in [0.2, 0.25) is 11.8 Å². The summed E-state index contributed by atoms with van der Waals surface area (Å²) in [4.78, 5) is 97.9. The van der Waals surface area contributed by atoms with E-state index in [2.05, 4.69) is 55.7 Å². The highest BCUT2D eigenvalue weighted by Gasteiger charge is 2.45. The molecule has 1 aromatic carbocycles. The van der Waals surface area contributed by atoms with Crippen molar-refractivity contribution in [2.75, 3.05) is 59.3 Å². The van der Waals surface area contributed by atoms with E-state index in [4.69, 9.17) is 4.98 Å². The Balaban J connectivity index is 0.725. The highest BCUT2D eigenvalue weighted by atomic mass is 16.3. The third kappa shape index (κ3) is 8.25. The number of pyridine rings is 3. The van der Waals surface area contributed by atoms with Crippen LogP contribution in [0, 0.1) is 5.41 Å². The highest BCUT2D eigenvalue weighted by Crippen LogP contribution is 2.41. The number of aliphatic hydroxyl groups excluding tert-OH is 1. The molecule has 5 aliphatic heterocycles. The van der Waals surface area contributed by atoms with Crippen LogP contribution in [0.3, 0.4) is 0 Å². The molecule has 18 heteroatoms. The van der Waals surface area contributed by atoms with Crippen molar-refractivity contribution in [2.45, 2.75) is 97.0 Å². The first-order valence-corrected chi connectivity index (χ1v) is 24.8. The summed E-state index contributed by atoms with van der Waals surface area (Å²) in [7, 11) is 1.69. The third-order valence-corrected chi connectivity index (χ3v) is 15.6. The fraction of sp³-hybridized carbons (Fsp3) is 0.434. The number of piperidine rings is 1. The van der Waals surface area contributed by atoms with Gasteiger partial charge in [0.05, 0.1) is 29.6 Å². The lowest BCUT2D eigenvalue weighted by molar-refractivity contribution is -0.136. The number of aromatic nitrogens is 4. The number of benzene rings is 1. The molecule has 18 nitrogen and oxygen atoms in total. The molecule has 71 heavy (non-hydrogen) atoms. The second-order valence-corrected chi connectivity index (χ2v) is 20.8. The Labute approximate surface area is 411 Å². The molecule has 3 N–H and O–H groups in total. The van der Waals surface area contributed by atoms with Crippen molar-refractivity contribution < 1.29 is 29.1 Å². The quantitative estimate of drug-likeness (QED) is 0.173. The predicted molar refractivity (Wildman–Crippen MR) is 267 cm³/mol. The lowest BCUT2D eigenvalue weighted by atomic mass is 9.90. The van der Waals surface area contributed by atoms with E-state index in [9.17, 15) is 33.9 Å². The van der Waals surface area contributed by atoms with Crippen LogP contribution in [0.2, 0.25) is 0 Å². The number of aliphatic hydroxyl groups is 1. The van der Waals surface area contributed by atoms with Crippen molar-refractivity contribution >= 4 is 58.2 Å². The summed E-state index contributed by atoms with van der Waals surface area (Å²) >= 11 is 0. The van der Waals surface area contributed by atoms with Crippen molar-refractivity contribution in [3.05, 3.63) is 111 Å². The molecule has 0 spiro atoms. The molecule has 5 amide bonds. The number of rotatable bonds is 9. The van der Waals surface area contributed by atoms with E-state index in [-0.39, 0.29) is 47.9 Å². The second kappa shape index (κ2) is 17.9. The Morgan fingerprint density at radius 1 is 0.817 bits per heavy atom. The number of hydrogen-bond acceptors (Lipinski definition) is 13. The van der Waals surface area contributed by atoms with Crippen molar-refractivity contribution in [2.24, 2.45) is 12.5 Å². The van der Waals surface area contributed by atoms with Gasteiger partial charge in [-0.15, -0.1) is 0 Å². The molecule has 1 unspecified atom stereocenters. The van der Waals surface area contributed by atoms with Crippen LogP contribution in [-0.2, 0) is 42.6 Å². The van der Waals surface area contributed by atoms with Crippen molar-refractivity contribution in [3.8, 4) is 11.1 Å². The largest absolute Gasteiger partial charge is 0.392 e. The molecule has 4 aromatic heterocycles. The number of fused-ring (bicyclic) bond motifs is 4. The van der Waals surface area contributed by atoms with E-state index in [1.54, 1.807) is 48.6 Å². The zero-order valence-corrected chi connectivity index (χ0v) is 40.6. The zero-order chi connectivity index (χ0) is 49.5. The maximum Gasteiger partial charge on any atom is 0.276 e. The van der Waals surface area contributed by atoms with Crippen LogP contribution in [0.1, 0.15) is 101 Å². The van der Waals surface area contributed by atoms with Crippen molar-refractivity contribution in [1.29, 1.82) is 0 Å². The van der Waals surface area contributed by atoms with Crippen LogP contribution >= 0.6 is 0 Å². The number of amides is 5. The number of piperazine rings is 1. The molecule has 0 radical (unpaired) electrons. The van der Waals surface area contributed by atoms with E-state index in [1.807, 2.05) is 30.5 Å². The van der Waals surface area contributed by atoms with Gasteiger partial charge >= 0.3 is 0 Å². The van der Waals surface area contributed by atoms with Crippen molar-refractivity contribution in [3.63, 3.8) is 0 Å². The first-order valence-electron chi connectivity index (χ1n) is 24.8. The van der Waals surface area contributed by atoms with Crippen LogP contribution in [0.15, 0.2) is 71.9 Å². The van der Waals surface area contributed by atoms with Crippen molar-refractivity contribution in [1.82, 2.24) is 34.2 Å². The maximum atomic E-state index is 14.0. The van der Waals surface area contributed by atoms with Gasteiger partial charge in [-0.25, -0.2) is 9.97 Å². The minimum atomic E-state index is -0.994.